The minimum Gasteiger partial charge on any atom is -0.354 e. The van der Waals surface area contributed by atoms with Crippen molar-refractivity contribution in [2.75, 3.05) is 12.8 Å². The first-order chi connectivity index (χ1) is 8.67. The third-order valence-corrected chi connectivity index (χ3v) is 4.71. The predicted octanol–water partition coefficient (Wildman–Crippen LogP) is 2.11. The number of nitrogens with zero attached hydrogens (tertiary/aromatic N) is 1. The standard InChI is InChI=1S/C14H16N2OS/c1-18-14(6-7-14)10-16-13(17)8-11-2-4-12(9-15)5-3-11/h2-5H,6-8,10H2,1H3,(H,16,17). The van der Waals surface area contributed by atoms with Gasteiger partial charge in [0.25, 0.3) is 0 Å². The number of nitrogens with one attached hydrogen (secondary N) is 1. The van der Waals surface area contributed by atoms with Gasteiger partial charge in [-0.25, -0.2) is 0 Å². The molecule has 0 aliphatic heterocycles. The Kier molecular flexibility index (Phi) is 3.93. The molecule has 4 heteroatoms. The molecule has 0 bridgehead atoms. The molecular weight excluding hydrogens is 244 g/mol. The van der Waals surface area contributed by atoms with E-state index in [1.54, 1.807) is 12.1 Å². The fourth-order valence-corrected chi connectivity index (χ4v) is 2.52. The van der Waals surface area contributed by atoms with Crippen molar-refractivity contribution in [3.05, 3.63) is 35.4 Å². The quantitative estimate of drug-likeness (QED) is 0.882. The maximum atomic E-state index is 11.8. The monoisotopic (exact) mass is 260 g/mol. The normalized spacial score (nSPS) is 15.8. The van der Waals surface area contributed by atoms with Crippen molar-refractivity contribution in [1.82, 2.24) is 5.32 Å². The lowest BCUT2D eigenvalue weighted by atomic mass is 10.1. The highest BCUT2D eigenvalue weighted by atomic mass is 32.2. The highest BCUT2D eigenvalue weighted by Crippen LogP contribution is 2.46. The van der Waals surface area contributed by atoms with Crippen LogP contribution in [-0.2, 0) is 11.2 Å². The second kappa shape index (κ2) is 5.45. The maximum Gasteiger partial charge on any atom is 0.224 e. The van der Waals surface area contributed by atoms with Gasteiger partial charge in [-0.2, -0.15) is 17.0 Å². The minimum atomic E-state index is 0.0556. The van der Waals surface area contributed by atoms with E-state index in [0.717, 1.165) is 12.1 Å². The largest absolute Gasteiger partial charge is 0.354 e. The van der Waals surface area contributed by atoms with E-state index < -0.39 is 0 Å². The summed E-state index contributed by atoms with van der Waals surface area (Å²) in [7, 11) is 0. The number of rotatable bonds is 5. The van der Waals surface area contributed by atoms with Crippen LogP contribution in [0.2, 0.25) is 0 Å². The van der Waals surface area contributed by atoms with Crippen LogP contribution in [0.15, 0.2) is 24.3 Å². The van der Waals surface area contributed by atoms with Gasteiger partial charge in [0, 0.05) is 11.3 Å². The molecule has 1 aromatic carbocycles. The second-order valence-corrected chi connectivity index (χ2v) is 5.92. The molecule has 0 heterocycles. The fourth-order valence-electron chi connectivity index (χ4n) is 1.80. The molecule has 2 rings (SSSR count). The zero-order valence-corrected chi connectivity index (χ0v) is 11.2. The Labute approximate surface area is 112 Å². The minimum absolute atomic E-state index is 0.0556. The SMILES string of the molecule is CSC1(CNC(=O)Cc2ccc(C#N)cc2)CC1. The lowest BCUT2D eigenvalue weighted by Gasteiger charge is -2.12. The topological polar surface area (TPSA) is 52.9 Å². The van der Waals surface area contributed by atoms with Gasteiger partial charge in [-0.3, -0.25) is 4.79 Å². The lowest BCUT2D eigenvalue weighted by Crippen LogP contribution is -2.32. The van der Waals surface area contributed by atoms with Crippen LogP contribution in [-0.4, -0.2) is 23.5 Å². The molecule has 94 valence electrons. The van der Waals surface area contributed by atoms with Gasteiger partial charge in [-0.1, -0.05) is 12.1 Å². The highest BCUT2D eigenvalue weighted by Gasteiger charge is 2.41. The van der Waals surface area contributed by atoms with Crippen molar-refractivity contribution >= 4 is 17.7 Å². The number of thioether (sulfide) groups is 1. The number of hydrogen-bond donors (Lipinski definition) is 1. The predicted molar refractivity (Wildman–Crippen MR) is 73.4 cm³/mol. The Balaban J connectivity index is 1.81. The molecule has 1 aliphatic rings. The van der Waals surface area contributed by atoms with Gasteiger partial charge in [0.1, 0.15) is 0 Å². The average Bonchev–Trinajstić information content (AvgIpc) is 3.18. The van der Waals surface area contributed by atoms with Crippen LogP contribution >= 0.6 is 11.8 Å². The van der Waals surface area contributed by atoms with Crippen LogP contribution < -0.4 is 5.32 Å². The van der Waals surface area contributed by atoms with Crippen molar-refractivity contribution < 1.29 is 4.79 Å². The number of nitriles is 1. The Morgan fingerprint density at radius 2 is 2.11 bits per heavy atom. The van der Waals surface area contributed by atoms with E-state index in [1.165, 1.54) is 12.8 Å². The van der Waals surface area contributed by atoms with Crippen LogP contribution in [0.1, 0.15) is 24.0 Å². The first kappa shape index (κ1) is 13.0. The van der Waals surface area contributed by atoms with Crippen molar-refractivity contribution in [3.8, 4) is 6.07 Å². The van der Waals surface area contributed by atoms with Crippen LogP contribution in [0.25, 0.3) is 0 Å². The molecule has 1 amide bonds. The van der Waals surface area contributed by atoms with E-state index in [2.05, 4.69) is 17.6 Å². The summed E-state index contributed by atoms with van der Waals surface area (Å²) in [5.74, 6) is 0.0556. The lowest BCUT2D eigenvalue weighted by molar-refractivity contribution is -0.120. The Morgan fingerprint density at radius 1 is 1.44 bits per heavy atom. The summed E-state index contributed by atoms with van der Waals surface area (Å²) in [6.45, 7) is 0.767. The molecule has 1 fully saturated rings. The van der Waals surface area contributed by atoms with Gasteiger partial charge in [0.05, 0.1) is 18.1 Å². The van der Waals surface area contributed by atoms with Crippen molar-refractivity contribution in [3.63, 3.8) is 0 Å². The summed E-state index contributed by atoms with van der Waals surface area (Å²) in [6, 6.07) is 9.22. The molecule has 18 heavy (non-hydrogen) atoms. The van der Waals surface area contributed by atoms with E-state index >= 15 is 0 Å². The molecule has 0 atom stereocenters. The molecule has 0 unspecified atom stereocenters. The number of carbonyl (C=O) groups is 1. The molecule has 1 aromatic rings. The molecule has 0 aromatic heterocycles. The second-order valence-electron chi connectivity index (χ2n) is 4.65. The molecule has 1 saturated carbocycles. The number of benzene rings is 1. The van der Waals surface area contributed by atoms with Crippen LogP contribution in [0, 0.1) is 11.3 Å². The average molecular weight is 260 g/mol. The summed E-state index contributed by atoms with van der Waals surface area (Å²) >= 11 is 1.84. The number of hydrogen-bond acceptors (Lipinski definition) is 3. The Bertz CT molecular complexity index is 472. The van der Waals surface area contributed by atoms with Gasteiger partial charge in [0.2, 0.25) is 5.91 Å². The first-order valence-corrected chi connectivity index (χ1v) is 7.21. The van der Waals surface area contributed by atoms with Crippen LogP contribution in [0.3, 0.4) is 0 Å². The van der Waals surface area contributed by atoms with E-state index in [-0.39, 0.29) is 5.91 Å². The number of carbonyl (C=O) groups excluding carboxylic acids is 1. The molecule has 0 saturated heterocycles. The molecule has 0 spiro atoms. The third-order valence-electron chi connectivity index (χ3n) is 3.30. The van der Waals surface area contributed by atoms with E-state index in [9.17, 15) is 4.79 Å². The van der Waals surface area contributed by atoms with E-state index in [0.29, 0.717) is 16.7 Å². The summed E-state index contributed by atoms with van der Waals surface area (Å²) < 4.78 is 0.306. The van der Waals surface area contributed by atoms with Gasteiger partial charge in [-0.15, -0.1) is 0 Å². The van der Waals surface area contributed by atoms with Crippen LogP contribution in [0.4, 0.5) is 0 Å². The molecule has 1 N–H and O–H groups in total. The van der Waals surface area contributed by atoms with E-state index in [4.69, 9.17) is 5.26 Å². The smallest absolute Gasteiger partial charge is 0.224 e. The van der Waals surface area contributed by atoms with Crippen LogP contribution in [0.5, 0.6) is 0 Å². The summed E-state index contributed by atoms with van der Waals surface area (Å²) in [5.41, 5.74) is 1.57. The van der Waals surface area contributed by atoms with Gasteiger partial charge >= 0.3 is 0 Å². The van der Waals surface area contributed by atoms with Crippen molar-refractivity contribution in [1.29, 1.82) is 5.26 Å². The van der Waals surface area contributed by atoms with Gasteiger partial charge < -0.3 is 5.32 Å². The van der Waals surface area contributed by atoms with E-state index in [1.807, 2.05) is 23.9 Å². The van der Waals surface area contributed by atoms with Gasteiger partial charge in [0.15, 0.2) is 0 Å². The first-order valence-electron chi connectivity index (χ1n) is 5.98. The Hall–Kier alpha value is -1.47. The molecular formula is C14H16N2OS. The third kappa shape index (κ3) is 3.27. The molecule has 3 nitrogen and oxygen atoms in total. The zero-order chi connectivity index (χ0) is 13.0. The summed E-state index contributed by atoms with van der Waals surface area (Å²) in [6.07, 6.45) is 4.88. The van der Waals surface area contributed by atoms with Crippen molar-refractivity contribution in [2.45, 2.75) is 24.0 Å². The van der Waals surface area contributed by atoms with Crippen molar-refractivity contribution in [2.24, 2.45) is 0 Å². The summed E-state index contributed by atoms with van der Waals surface area (Å²) in [5, 5.41) is 11.7. The summed E-state index contributed by atoms with van der Waals surface area (Å²) in [4.78, 5) is 11.8. The molecule has 1 aliphatic carbocycles. The Morgan fingerprint density at radius 3 is 2.61 bits per heavy atom. The molecule has 0 radical (unpaired) electrons. The zero-order valence-electron chi connectivity index (χ0n) is 10.4. The fraction of sp³-hybridized carbons (Fsp3) is 0.429. The maximum absolute atomic E-state index is 11.8. The van der Waals surface area contributed by atoms with Gasteiger partial charge in [-0.05, 0) is 36.8 Å². The highest BCUT2D eigenvalue weighted by molar-refractivity contribution is 8.00. The number of amides is 1.